The molecule has 0 aromatic rings. The fourth-order valence-electron chi connectivity index (χ4n) is 2.22. The van der Waals surface area contributed by atoms with Gasteiger partial charge in [0, 0.05) is 13.2 Å². The summed E-state index contributed by atoms with van der Waals surface area (Å²) in [4.78, 5) is 0. The third-order valence-corrected chi connectivity index (χ3v) is 3.00. The first-order valence-corrected chi connectivity index (χ1v) is 4.86. The Morgan fingerprint density at radius 3 is 3.00 bits per heavy atom. The van der Waals surface area contributed by atoms with Crippen LogP contribution in [0.25, 0.3) is 0 Å². The van der Waals surface area contributed by atoms with Crippen molar-refractivity contribution in [3.05, 3.63) is 0 Å². The van der Waals surface area contributed by atoms with E-state index in [1.807, 2.05) is 0 Å². The van der Waals surface area contributed by atoms with Crippen molar-refractivity contribution in [1.29, 1.82) is 0 Å². The van der Waals surface area contributed by atoms with E-state index in [0.717, 1.165) is 45.4 Å². The standard InChI is InChI=1S/C9H17NO2/c11-8-3-1-6-12-9(8)4-2-5-10-7-9/h8,10-11H,1-7H2/t8-,9-/m1/s1. The maximum atomic E-state index is 9.82. The fraction of sp³-hybridized carbons (Fsp3) is 1.00. The maximum absolute atomic E-state index is 9.82. The topological polar surface area (TPSA) is 41.5 Å². The Kier molecular flexibility index (Phi) is 2.35. The van der Waals surface area contributed by atoms with Crippen LogP contribution in [0.3, 0.4) is 0 Å². The second-order valence-electron chi connectivity index (χ2n) is 3.85. The molecule has 0 amide bonds. The van der Waals surface area contributed by atoms with Gasteiger partial charge in [-0.15, -0.1) is 0 Å². The molecular formula is C9H17NO2. The van der Waals surface area contributed by atoms with Crippen LogP contribution in [0.15, 0.2) is 0 Å². The normalized spacial score (nSPS) is 43.2. The minimum Gasteiger partial charge on any atom is -0.390 e. The number of ether oxygens (including phenoxy) is 1. The zero-order valence-electron chi connectivity index (χ0n) is 7.38. The molecule has 2 aliphatic heterocycles. The number of hydrogen-bond acceptors (Lipinski definition) is 3. The predicted octanol–water partition coefficient (Wildman–Crippen LogP) is 0.280. The maximum Gasteiger partial charge on any atom is 0.106 e. The van der Waals surface area contributed by atoms with Gasteiger partial charge in [0.15, 0.2) is 0 Å². The molecule has 3 nitrogen and oxygen atoms in total. The Balaban J connectivity index is 2.04. The molecule has 12 heavy (non-hydrogen) atoms. The van der Waals surface area contributed by atoms with Crippen LogP contribution in [0.2, 0.25) is 0 Å². The molecule has 0 aromatic heterocycles. The second kappa shape index (κ2) is 3.32. The van der Waals surface area contributed by atoms with E-state index < -0.39 is 0 Å². The van der Waals surface area contributed by atoms with E-state index in [-0.39, 0.29) is 11.7 Å². The zero-order valence-corrected chi connectivity index (χ0v) is 7.38. The number of aliphatic hydroxyl groups excluding tert-OH is 1. The van der Waals surface area contributed by atoms with Crippen LogP contribution in [0.5, 0.6) is 0 Å². The number of rotatable bonds is 0. The van der Waals surface area contributed by atoms with Gasteiger partial charge in [0.25, 0.3) is 0 Å². The lowest BCUT2D eigenvalue weighted by Gasteiger charge is -2.44. The predicted molar refractivity (Wildman–Crippen MR) is 46.0 cm³/mol. The summed E-state index contributed by atoms with van der Waals surface area (Å²) in [5, 5.41) is 13.1. The van der Waals surface area contributed by atoms with Gasteiger partial charge in [-0.1, -0.05) is 0 Å². The number of hydrogen-bond donors (Lipinski definition) is 2. The molecule has 2 aliphatic rings. The second-order valence-corrected chi connectivity index (χ2v) is 3.85. The zero-order chi connectivity index (χ0) is 8.44. The minimum absolute atomic E-state index is 0.240. The van der Waals surface area contributed by atoms with E-state index in [0.29, 0.717) is 0 Å². The summed E-state index contributed by atoms with van der Waals surface area (Å²) < 4.78 is 5.71. The van der Waals surface area contributed by atoms with Crippen LogP contribution in [0.4, 0.5) is 0 Å². The van der Waals surface area contributed by atoms with Crippen LogP contribution >= 0.6 is 0 Å². The molecule has 0 radical (unpaired) electrons. The van der Waals surface area contributed by atoms with Gasteiger partial charge in [-0.25, -0.2) is 0 Å². The minimum atomic E-state index is -0.251. The van der Waals surface area contributed by atoms with Gasteiger partial charge < -0.3 is 15.2 Å². The lowest BCUT2D eigenvalue weighted by atomic mass is 9.84. The quantitative estimate of drug-likeness (QED) is 0.550. The Morgan fingerprint density at radius 1 is 1.42 bits per heavy atom. The van der Waals surface area contributed by atoms with Gasteiger partial charge in [-0.3, -0.25) is 0 Å². The highest BCUT2D eigenvalue weighted by atomic mass is 16.5. The first kappa shape index (κ1) is 8.48. The highest BCUT2D eigenvalue weighted by Gasteiger charge is 2.41. The average Bonchev–Trinajstić information content (AvgIpc) is 2.12. The highest BCUT2D eigenvalue weighted by molar-refractivity contribution is 4.95. The van der Waals surface area contributed by atoms with Crippen molar-refractivity contribution >= 4 is 0 Å². The Labute approximate surface area is 73.1 Å². The SMILES string of the molecule is O[C@@H]1CCCO[C@@]12CCCNC2. The molecule has 0 aromatic carbocycles. The van der Waals surface area contributed by atoms with Crippen molar-refractivity contribution < 1.29 is 9.84 Å². The molecule has 2 heterocycles. The van der Waals surface area contributed by atoms with Crippen LogP contribution in [-0.4, -0.2) is 36.5 Å². The lowest BCUT2D eigenvalue weighted by Crippen LogP contribution is -2.57. The van der Waals surface area contributed by atoms with Crippen LogP contribution < -0.4 is 5.32 Å². The third kappa shape index (κ3) is 1.37. The van der Waals surface area contributed by atoms with Gasteiger partial charge in [0.1, 0.15) is 5.60 Å². The third-order valence-electron chi connectivity index (χ3n) is 3.00. The van der Waals surface area contributed by atoms with Crippen molar-refractivity contribution in [3.8, 4) is 0 Å². The van der Waals surface area contributed by atoms with Gasteiger partial charge >= 0.3 is 0 Å². The molecule has 2 rings (SSSR count). The first-order valence-electron chi connectivity index (χ1n) is 4.86. The lowest BCUT2D eigenvalue weighted by molar-refractivity contribution is -0.162. The fourth-order valence-corrected chi connectivity index (χ4v) is 2.22. The number of aliphatic hydroxyl groups is 1. The van der Waals surface area contributed by atoms with Crippen LogP contribution in [0, 0.1) is 0 Å². The molecule has 3 heteroatoms. The molecule has 2 atom stereocenters. The van der Waals surface area contributed by atoms with Crippen LogP contribution in [-0.2, 0) is 4.74 Å². The van der Waals surface area contributed by atoms with E-state index >= 15 is 0 Å². The van der Waals surface area contributed by atoms with Gasteiger partial charge in [0.2, 0.25) is 0 Å². The van der Waals surface area contributed by atoms with E-state index in [9.17, 15) is 5.11 Å². The molecule has 1 spiro atoms. The summed E-state index contributed by atoms with van der Waals surface area (Å²) in [6.45, 7) is 2.71. The van der Waals surface area contributed by atoms with E-state index in [1.54, 1.807) is 0 Å². The molecule has 0 saturated carbocycles. The van der Waals surface area contributed by atoms with Crippen molar-refractivity contribution in [1.82, 2.24) is 5.32 Å². The highest BCUT2D eigenvalue weighted by Crippen LogP contribution is 2.31. The van der Waals surface area contributed by atoms with E-state index in [1.165, 1.54) is 0 Å². The van der Waals surface area contributed by atoms with Crippen molar-refractivity contribution in [2.75, 3.05) is 19.7 Å². The molecule has 0 aliphatic carbocycles. The van der Waals surface area contributed by atoms with E-state index in [2.05, 4.69) is 5.32 Å². The monoisotopic (exact) mass is 171 g/mol. The number of nitrogens with one attached hydrogen (secondary N) is 1. The molecule has 0 unspecified atom stereocenters. The van der Waals surface area contributed by atoms with Crippen molar-refractivity contribution in [2.24, 2.45) is 0 Å². The van der Waals surface area contributed by atoms with Gasteiger partial charge in [-0.2, -0.15) is 0 Å². The summed E-state index contributed by atoms with van der Waals surface area (Å²) in [6, 6.07) is 0. The molecular weight excluding hydrogens is 154 g/mol. The molecule has 2 N–H and O–H groups in total. The Bertz CT molecular complexity index is 146. The Morgan fingerprint density at radius 2 is 2.33 bits per heavy atom. The smallest absolute Gasteiger partial charge is 0.106 e. The average molecular weight is 171 g/mol. The molecule has 0 bridgehead atoms. The largest absolute Gasteiger partial charge is 0.390 e. The summed E-state index contributed by atoms with van der Waals surface area (Å²) in [5.74, 6) is 0. The Hall–Kier alpha value is -0.120. The molecule has 2 saturated heterocycles. The van der Waals surface area contributed by atoms with Gasteiger partial charge in [-0.05, 0) is 32.2 Å². The summed E-state index contributed by atoms with van der Waals surface area (Å²) in [7, 11) is 0. The summed E-state index contributed by atoms with van der Waals surface area (Å²) in [6.07, 6.45) is 3.79. The van der Waals surface area contributed by atoms with Crippen molar-refractivity contribution in [2.45, 2.75) is 37.4 Å². The van der Waals surface area contributed by atoms with E-state index in [4.69, 9.17) is 4.74 Å². The summed E-state index contributed by atoms with van der Waals surface area (Å²) >= 11 is 0. The number of piperidine rings is 1. The van der Waals surface area contributed by atoms with Crippen molar-refractivity contribution in [3.63, 3.8) is 0 Å². The summed E-state index contributed by atoms with van der Waals surface area (Å²) in [5.41, 5.74) is -0.240. The molecule has 70 valence electrons. The van der Waals surface area contributed by atoms with Gasteiger partial charge in [0.05, 0.1) is 6.10 Å². The first-order chi connectivity index (χ1) is 5.83. The molecule has 2 fully saturated rings. The van der Waals surface area contributed by atoms with Crippen LogP contribution in [0.1, 0.15) is 25.7 Å².